The molecule has 0 bridgehead atoms. The minimum absolute atomic E-state index is 0.0266. The van der Waals surface area contributed by atoms with Crippen molar-refractivity contribution < 1.29 is 14.3 Å². The molecule has 7 N–H and O–H groups in total. The van der Waals surface area contributed by atoms with E-state index in [4.69, 9.17) is 21.9 Å². The van der Waals surface area contributed by atoms with Crippen molar-refractivity contribution in [1.29, 1.82) is 0 Å². The molecule has 1 aromatic carbocycles. The Morgan fingerprint density at radius 2 is 2.00 bits per heavy atom. The summed E-state index contributed by atoms with van der Waals surface area (Å²) in [5.74, 6) is -0.517. The summed E-state index contributed by atoms with van der Waals surface area (Å²) in [5, 5.41) is 2.73. The molecule has 1 rings (SSSR count). The first-order valence-electron chi connectivity index (χ1n) is 7.38. The van der Waals surface area contributed by atoms with Gasteiger partial charge >= 0.3 is 0 Å². The second kappa shape index (κ2) is 9.19. The Labute approximate surface area is 140 Å². The molecule has 0 aliphatic carbocycles. The van der Waals surface area contributed by atoms with Crippen molar-refractivity contribution >= 4 is 23.5 Å². The van der Waals surface area contributed by atoms with Gasteiger partial charge in [-0.2, -0.15) is 0 Å². The molecule has 0 saturated carbocycles. The van der Waals surface area contributed by atoms with Crippen LogP contribution in [0.3, 0.4) is 0 Å². The lowest BCUT2D eigenvalue weighted by molar-refractivity contribution is -0.113. The van der Waals surface area contributed by atoms with E-state index in [9.17, 15) is 9.59 Å². The molecule has 0 unspecified atom stereocenters. The Morgan fingerprint density at radius 1 is 1.29 bits per heavy atom. The van der Waals surface area contributed by atoms with Gasteiger partial charge in [-0.25, -0.2) is 0 Å². The molecular formula is C16H23N5O3. The topological polar surface area (TPSA) is 146 Å². The summed E-state index contributed by atoms with van der Waals surface area (Å²) in [7, 11) is 1.44. The lowest BCUT2D eigenvalue weighted by Crippen LogP contribution is -2.23. The summed E-state index contributed by atoms with van der Waals surface area (Å²) in [4.78, 5) is 27.6. The summed E-state index contributed by atoms with van der Waals surface area (Å²) in [6, 6.07) is 4.69. The minimum atomic E-state index is -0.633. The van der Waals surface area contributed by atoms with Gasteiger partial charge in [0.05, 0.1) is 12.7 Å². The molecule has 0 aliphatic rings. The SMILES string of the molecule is C/C=C(/CCCN=C(N)N)C(=O)Nc1ccc(OC)c(C(N)=O)c1. The number of aliphatic imine (C=N–C) groups is 1. The molecule has 130 valence electrons. The zero-order chi connectivity index (χ0) is 18.1. The number of benzene rings is 1. The minimum Gasteiger partial charge on any atom is -0.496 e. The van der Waals surface area contributed by atoms with Crippen LogP contribution in [-0.4, -0.2) is 31.4 Å². The van der Waals surface area contributed by atoms with E-state index >= 15 is 0 Å². The molecule has 8 nitrogen and oxygen atoms in total. The number of nitrogens with two attached hydrogens (primary N) is 3. The standard InChI is InChI=1S/C16H23N5O3/c1-3-10(5-4-8-20-16(18)19)15(23)21-11-6-7-13(24-2)12(9-11)14(17)22/h3,6-7,9H,4-5,8H2,1-2H3,(H2,17,22)(H,21,23)(H4,18,19,20)/b10-3-. The number of hydrogen-bond acceptors (Lipinski definition) is 4. The van der Waals surface area contributed by atoms with Crippen LogP contribution in [0, 0.1) is 0 Å². The first-order valence-corrected chi connectivity index (χ1v) is 7.38. The molecule has 0 heterocycles. The first-order chi connectivity index (χ1) is 11.4. The largest absolute Gasteiger partial charge is 0.496 e. The van der Waals surface area contributed by atoms with Gasteiger partial charge in [-0.3, -0.25) is 14.6 Å². The summed E-state index contributed by atoms with van der Waals surface area (Å²) in [6.07, 6.45) is 2.89. The van der Waals surface area contributed by atoms with Crippen LogP contribution in [0.5, 0.6) is 5.75 Å². The van der Waals surface area contributed by atoms with Gasteiger partial charge in [-0.1, -0.05) is 6.08 Å². The number of ether oxygens (including phenoxy) is 1. The third-order valence-corrected chi connectivity index (χ3v) is 3.26. The Bertz CT molecular complexity index is 664. The highest BCUT2D eigenvalue weighted by atomic mass is 16.5. The zero-order valence-electron chi connectivity index (χ0n) is 13.8. The number of rotatable bonds is 8. The number of allylic oxidation sites excluding steroid dienone is 1. The number of nitrogens with zero attached hydrogens (tertiary/aromatic N) is 1. The maximum atomic E-state index is 12.3. The van der Waals surface area contributed by atoms with E-state index in [1.807, 2.05) is 0 Å². The van der Waals surface area contributed by atoms with E-state index in [0.29, 0.717) is 36.4 Å². The third kappa shape index (κ3) is 5.64. The summed E-state index contributed by atoms with van der Waals surface area (Å²) < 4.78 is 5.06. The van der Waals surface area contributed by atoms with E-state index in [0.717, 1.165) is 0 Å². The van der Waals surface area contributed by atoms with Gasteiger partial charge in [0.25, 0.3) is 11.8 Å². The third-order valence-electron chi connectivity index (χ3n) is 3.26. The summed E-state index contributed by atoms with van der Waals surface area (Å²) in [5.41, 5.74) is 17.1. The predicted octanol–water partition coefficient (Wildman–Crippen LogP) is 0.733. The molecule has 0 aliphatic heterocycles. The maximum Gasteiger partial charge on any atom is 0.252 e. The molecule has 1 aromatic rings. The molecule has 0 saturated heterocycles. The first kappa shape index (κ1) is 19.0. The highest BCUT2D eigenvalue weighted by molar-refractivity contribution is 6.05. The highest BCUT2D eigenvalue weighted by Crippen LogP contribution is 2.22. The number of carbonyl (C=O) groups excluding carboxylic acids is 2. The van der Waals surface area contributed by atoms with Crippen molar-refractivity contribution in [3.8, 4) is 5.75 Å². The van der Waals surface area contributed by atoms with Gasteiger partial charge in [0.1, 0.15) is 5.75 Å². The molecule has 8 heteroatoms. The van der Waals surface area contributed by atoms with Crippen LogP contribution in [-0.2, 0) is 4.79 Å². The van der Waals surface area contributed by atoms with Crippen LogP contribution in [0.2, 0.25) is 0 Å². The van der Waals surface area contributed by atoms with E-state index in [-0.39, 0.29) is 17.4 Å². The average Bonchev–Trinajstić information content (AvgIpc) is 2.54. The Balaban J connectivity index is 2.76. The second-order valence-corrected chi connectivity index (χ2v) is 4.96. The van der Waals surface area contributed by atoms with Crippen LogP contribution in [0.4, 0.5) is 5.69 Å². The molecule has 0 atom stereocenters. The number of methoxy groups -OCH3 is 1. The second-order valence-electron chi connectivity index (χ2n) is 4.96. The molecule has 0 fully saturated rings. The average molecular weight is 333 g/mol. The molecular weight excluding hydrogens is 310 g/mol. The molecule has 0 aromatic heterocycles. The van der Waals surface area contributed by atoms with E-state index < -0.39 is 5.91 Å². The fraction of sp³-hybridized carbons (Fsp3) is 0.312. The van der Waals surface area contributed by atoms with E-state index in [1.54, 1.807) is 25.1 Å². The van der Waals surface area contributed by atoms with Crippen LogP contribution in [0.25, 0.3) is 0 Å². The van der Waals surface area contributed by atoms with Crippen molar-refractivity contribution in [3.05, 3.63) is 35.4 Å². The summed E-state index contributed by atoms with van der Waals surface area (Å²) >= 11 is 0. The number of anilines is 1. The number of carbonyl (C=O) groups is 2. The fourth-order valence-electron chi connectivity index (χ4n) is 2.06. The van der Waals surface area contributed by atoms with Crippen LogP contribution < -0.4 is 27.3 Å². The van der Waals surface area contributed by atoms with Crippen LogP contribution in [0.1, 0.15) is 30.1 Å². The van der Waals surface area contributed by atoms with Crippen LogP contribution >= 0.6 is 0 Å². The van der Waals surface area contributed by atoms with Gasteiger partial charge in [0.15, 0.2) is 5.96 Å². The van der Waals surface area contributed by atoms with Crippen molar-refractivity contribution in [3.63, 3.8) is 0 Å². The Kier molecular flexibility index (Phi) is 7.28. The Morgan fingerprint density at radius 3 is 2.54 bits per heavy atom. The summed E-state index contributed by atoms with van der Waals surface area (Å²) in [6.45, 7) is 2.22. The van der Waals surface area contributed by atoms with Gasteiger partial charge in [0, 0.05) is 17.8 Å². The van der Waals surface area contributed by atoms with Gasteiger partial charge in [-0.15, -0.1) is 0 Å². The normalized spacial score (nSPS) is 10.8. The van der Waals surface area contributed by atoms with Crippen molar-refractivity contribution in [1.82, 2.24) is 0 Å². The number of primary amides is 1. The Hall–Kier alpha value is -3.03. The predicted molar refractivity (Wildman–Crippen MR) is 93.8 cm³/mol. The smallest absolute Gasteiger partial charge is 0.252 e. The van der Waals surface area contributed by atoms with E-state index in [1.165, 1.54) is 13.2 Å². The molecule has 24 heavy (non-hydrogen) atoms. The van der Waals surface area contributed by atoms with Crippen molar-refractivity contribution in [2.45, 2.75) is 19.8 Å². The van der Waals surface area contributed by atoms with Gasteiger partial charge in [-0.05, 0) is 38.0 Å². The molecule has 2 amide bonds. The zero-order valence-corrected chi connectivity index (χ0v) is 13.8. The molecule has 0 spiro atoms. The number of amides is 2. The fourth-order valence-corrected chi connectivity index (χ4v) is 2.06. The quantitative estimate of drug-likeness (QED) is 0.240. The van der Waals surface area contributed by atoms with Crippen molar-refractivity contribution in [2.24, 2.45) is 22.2 Å². The molecule has 0 radical (unpaired) electrons. The number of guanidine groups is 1. The van der Waals surface area contributed by atoms with Gasteiger partial charge in [0.2, 0.25) is 0 Å². The maximum absolute atomic E-state index is 12.3. The number of nitrogens with one attached hydrogen (secondary N) is 1. The number of hydrogen-bond donors (Lipinski definition) is 4. The lowest BCUT2D eigenvalue weighted by atomic mass is 10.1. The van der Waals surface area contributed by atoms with E-state index in [2.05, 4.69) is 10.3 Å². The van der Waals surface area contributed by atoms with Crippen molar-refractivity contribution in [2.75, 3.05) is 19.0 Å². The highest BCUT2D eigenvalue weighted by Gasteiger charge is 2.13. The van der Waals surface area contributed by atoms with Crippen LogP contribution in [0.15, 0.2) is 34.8 Å². The monoisotopic (exact) mass is 333 g/mol. The van der Waals surface area contributed by atoms with Gasteiger partial charge < -0.3 is 27.3 Å². The lowest BCUT2D eigenvalue weighted by Gasteiger charge is -2.11.